The molecule has 0 aromatic heterocycles. The molecule has 3 aliphatic carbocycles. The number of hydrogen-bond acceptors (Lipinski definition) is 9. The Morgan fingerprint density at radius 3 is 2.33 bits per heavy atom. The Kier molecular flexibility index (Phi) is 7.12. The van der Waals surface area contributed by atoms with Gasteiger partial charge in [0.1, 0.15) is 17.5 Å². The largest absolute Gasteiger partial charge is 0.507 e. The summed E-state index contributed by atoms with van der Waals surface area (Å²) in [5, 5.41) is 23.0. The maximum atomic E-state index is 14.4. The summed E-state index contributed by atoms with van der Waals surface area (Å²) in [4.78, 5) is 81.1. The lowest BCUT2D eigenvalue weighted by Gasteiger charge is -2.61. The zero-order chi connectivity index (χ0) is 31.8. The van der Waals surface area contributed by atoms with Gasteiger partial charge in [-0.3, -0.25) is 24.0 Å². The zero-order valence-corrected chi connectivity index (χ0v) is 25.1. The Bertz CT molecular complexity index is 1620. The van der Waals surface area contributed by atoms with Crippen molar-refractivity contribution in [2.24, 2.45) is 34.5 Å². The van der Waals surface area contributed by atoms with Gasteiger partial charge in [-0.25, -0.2) is 4.79 Å². The van der Waals surface area contributed by atoms with Gasteiger partial charge in [-0.15, -0.1) is 0 Å². The van der Waals surface area contributed by atoms with Gasteiger partial charge < -0.3 is 14.9 Å². The topological polar surface area (TPSA) is 152 Å². The van der Waals surface area contributed by atoms with Crippen molar-refractivity contribution in [1.29, 1.82) is 0 Å². The maximum absolute atomic E-state index is 14.4. The monoisotopic (exact) mass is 588 g/mol. The number of ether oxygens (including phenoxy) is 1. The lowest BCUT2D eigenvalue weighted by molar-refractivity contribution is -0.205. The van der Waals surface area contributed by atoms with Crippen LogP contribution >= 0.6 is 0 Å². The molecule has 6 atom stereocenters. The van der Waals surface area contributed by atoms with E-state index >= 15 is 0 Å². The molecule has 0 heterocycles. The van der Waals surface area contributed by atoms with Crippen LogP contribution in [0.1, 0.15) is 74.2 Å². The second-order valence-corrected chi connectivity index (χ2v) is 13.1. The number of aromatic hydroxyl groups is 1. The molecule has 226 valence electrons. The van der Waals surface area contributed by atoms with Crippen molar-refractivity contribution in [2.45, 2.75) is 60.0 Å². The quantitative estimate of drug-likeness (QED) is 0.391. The van der Waals surface area contributed by atoms with Gasteiger partial charge in [0.15, 0.2) is 28.7 Å². The van der Waals surface area contributed by atoms with Crippen molar-refractivity contribution in [1.82, 2.24) is 0 Å². The first-order chi connectivity index (χ1) is 20.0. The van der Waals surface area contributed by atoms with Crippen LogP contribution in [-0.2, 0) is 30.3 Å². The molecule has 43 heavy (non-hydrogen) atoms. The maximum Gasteiger partial charge on any atom is 0.338 e. The predicted octanol–water partition coefficient (Wildman–Crippen LogP) is 3.94. The van der Waals surface area contributed by atoms with Crippen LogP contribution in [0.5, 0.6) is 5.75 Å². The molecule has 2 aromatic carbocycles. The fourth-order valence-electron chi connectivity index (χ4n) is 8.44. The van der Waals surface area contributed by atoms with Crippen molar-refractivity contribution in [3.63, 3.8) is 0 Å². The molecule has 9 nitrogen and oxygen atoms in total. The highest BCUT2D eigenvalue weighted by molar-refractivity contribution is 6.32. The molecule has 3 unspecified atom stereocenters. The van der Waals surface area contributed by atoms with Crippen molar-refractivity contribution >= 4 is 34.9 Å². The molecule has 0 saturated heterocycles. The highest BCUT2D eigenvalue weighted by atomic mass is 16.5. The fourth-order valence-corrected chi connectivity index (χ4v) is 8.44. The summed E-state index contributed by atoms with van der Waals surface area (Å²) in [5.74, 6) is -9.93. The number of aliphatic hydroxyl groups is 1. The normalized spacial score (nSPS) is 31.8. The van der Waals surface area contributed by atoms with Gasteiger partial charge in [-0.05, 0) is 72.9 Å². The summed E-state index contributed by atoms with van der Waals surface area (Å²) < 4.78 is 5.14. The van der Waals surface area contributed by atoms with Crippen LogP contribution in [0.3, 0.4) is 0 Å². The Labute approximate surface area is 249 Å². The van der Waals surface area contributed by atoms with Crippen molar-refractivity contribution in [2.75, 3.05) is 6.61 Å². The second kappa shape index (κ2) is 10.0. The molecule has 0 aliphatic heterocycles. The first-order valence-corrected chi connectivity index (χ1v) is 14.6. The highest BCUT2D eigenvalue weighted by Crippen LogP contribution is 2.64. The molecule has 0 bridgehead atoms. The van der Waals surface area contributed by atoms with Crippen LogP contribution in [0, 0.1) is 34.5 Å². The molecule has 0 radical (unpaired) electrons. The molecular formula is C34H36O9. The Morgan fingerprint density at radius 1 is 1.05 bits per heavy atom. The third-order valence-electron chi connectivity index (χ3n) is 9.95. The number of carbonyl (C=O) groups excluding carboxylic acids is 6. The fraction of sp³-hybridized carbons (Fsp3) is 0.471. The average Bonchev–Trinajstić information content (AvgIpc) is 2.90. The molecular weight excluding hydrogens is 552 g/mol. The van der Waals surface area contributed by atoms with Crippen LogP contribution in [0.25, 0.3) is 11.1 Å². The summed E-state index contributed by atoms with van der Waals surface area (Å²) >= 11 is 0. The predicted molar refractivity (Wildman–Crippen MR) is 154 cm³/mol. The zero-order valence-electron chi connectivity index (χ0n) is 25.1. The van der Waals surface area contributed by atoms with E-state index < -0.39 is 75.0 Å². The van der Waals surface area contributed by atoms with Crippen LogP contribution in [0.2, 0.25) is 0 Å². The number of Topliss-reactive ketones (excluding diaryl/α,β-unsaturated/α-hetero) is 5. The number of esters is 1. The Morgan fingerprint density at radius 2 is 1.72 bits per heavy atom. The number of fused-ring (bicyclic) bond motifs is 3. The number of hydrogen-bond donors (Lipinski definition) is 2. The molecule has 3 aliphatic rings. The molecule has 0 amide bonds. The minimum Gasteiger partial charge on any atom is -0.507 e. The summed E-state index contributed by atoms with van der Waals surface area (Å²) in [6.07, 6.45) is 0.0633. The number of ketones is 5. The minimum atomic E-state index is -2.75. The number of phenolic OH excluding ortho intramolecular Hbond substituents is 1. The van der Waals surface area contributed by atoms with Gasteiger partial charge in [0.2, 0.25) is 0 Å². The van der Waals surface area contributed by atoms with Gasteiger partial charge in [-0.2, -0.15) is 0 Å². The van der Waals surface area contributed by atoms with E-state index in [0.29, 0.717) is 22.3 Å². The van der Waals surface area contributed by atoms with E-state index in [1.165, 1.54) is 13.0 Å². The smallest absolute Gasteiger partial charge is 0.338 e. The average molecular weight is 589 g/mol. The van der Waals surface area contributed by atoms with Crippen molar-refractivity contribution in [3.05, 3.63) is 53.1 Å². The van der Waals surface area contributed by atoms with E-state index in [9.17, 15) is 39.0 Å². The summed E-state index contributed by atoms with van der Waals surface area (Å²) in [6.45, 7) is 9.73. The summed E-state index contributed by atoms with van der Waals surface area (Å²) in [6, 6.07) is 9.65. The Hall–Kier alpha value is -3.98. The van der Waals surface area contributed by atoms with Gasteiger partial charge in [-0.1, -0.05) is 45.9 Å². The number of rotatable bonds is 5. The van der Waals surface area contributed by atoms with E-state index in [1.54, 1.807) is 58.0 Å². The van der Waals surface area contributed by atoms with E-state index in [0.717, 1.165) is 6.92 Å². The number of phenols is 1. The van der Waals surface area contributed by atoms with Crippen LogP contribution in [-0.4, -0.2) is 57.3 Å². The third-order valence-corrected chi connectivity index (χ3v) is 9.95. The molecule has 2 N–H and O–H groups in total. The van der Waals surface area contributed by atoms with Crippen LogP contribution in [0.15, 0.2) is 36.4 Å². The van der Waals surface area contributed by atoms with Gasteiger partial charge in [0.25, 0.3) is 0 Å². The molecule has 2 fully saturated rings. The SMILES string of the molecule is CCOC(=O)c1cccc(-c2ccc(O)c3c2C[C@]2(C)C[C@]4(C)C(C(C)C)C(=O)C(C(C)=O)C(=O)[C@]4(O)C(=O)C2C3=O)c1. The molecule has 9 heteroatoms. The number of benzene rings is 2. The third kappa shape index (κ3) is 4.08. The van der Waals surface area contributed by atoms with Gasteiger partial charge >= 0.3 is 5.97 Å². The van der Waals surface area contributed by atoms with Crippen LogP contribution < -0.4 is 0 Å². The highest BCUT2D eigenvalue weighted by Gasteiger charge is 2.76. The summed E-state index contributed by atoms with van der Waals surface area (Å²) in [5.41, 5.74) is -3.66. The van der Waals surface area contributed by atoms with E-state index in [4.69, 9.17) is 4.74 Å². The van der Waals surface area contributed by atoms with Gasteiger partial charge in [0.05, 0.1) is 23.7 Å². The van der Waals surface area contributed by atoms with Crippen molar-refractivity contribution < 1.29 is 43.7 Å². The number of carbonyl (C=O) groups is 6. The van der Waals surface area contributed by atoms with Crippen LogP contribution in [0.4, 0.5) is 0 Å². The lowest BCUT2D eigenvalue weighted by Crippen LogP contribution is -2.76. The van der Waals surface area contributed by atoms with E-state index in [2.05, 4.69) is 0 Å². The summed E-state index contributed by atoms with van der Waals surface area (Å²) in [7, 11) is 0. The van der Waals surface area contributed by atoms with Gasteiger partial charge in [0, 0.05) is 11.3 Å². The molecule has 2 saturated carbocycles. The minimum absolute atomic E-state index is 0.0407. The van der Waals surface area contributed by atoms with E-state index in [1.807, 2.05) is 0 Å². The van der Waals surface area contributed by atoms with Crippen molar-refractivity contribution in [3.8, 4) is 16.9 Å². The molecule has 5 rings (SSSR count). The molecule has 0 spiro atoms. The second-order valence-electron chi connectivity index (χ2n) is 13.1. The first kappa shape index (κ1) is 30.5. The van der Waals surface area contributed by atoms with E-state index in [-0.39, 0.29) is 30.8 Å². The Balaban J connectivity index is 1.71. The standard InChI is InChI=1S/C34H36O9/c1-7-43-31(41)19-10-8-9-18(13-19)20-11-12-22(36)24-21(20)14-32(5)15-33(6)25(16(2)3)27(37)23(17(4)35)29(39)34(33,42)30(40)26(32)28(24)38/h8-13,16,23,25-26,36,42H,7,14-15H2,1-6H3/t23?,25?,26?,32-,33-,34+/m1/s1. The lowest BCUT2D eigenvalue weighted by atomic mass is 9.40. The first-order valence-electron chi connectivity index (χ1n) is 14.6. The molecule has 2 aromatic rings.